The van der Waals surface area contributed by atoms with E-state index in [1.807, 2.05) is 0 Å². The van der Waals surface area contributed by atoms with E-state index in [0.29, 0.717) is 4.31 Å². The molecule has 1 amide bonds. The summed E-state index contributed by atoms with van der Waals surface area (Å²) in [5, 5.41) is 2.23. The van der Waals surface area contributed by atoms with Crippen LogP contribution in [0.5, 0.6) is 0 Å². The van der Waals surface area contributed by atoms with Crippen molar-refractivity contribution in [2.45, 2.75) is 0 Å². The fraction of sp³-hybridized carbons (Fsp3) is 0.0588. The Labute approximate surface area is 172 Å². The summed E-state index contributed by atoms with van der Waals surface area (Å²) in [6, 6.07) is 7.47. The lowest BCUT2D eigenvalue weighted by molar-refractivity contribution is -0.113. The zero-order chi connectivity index (χ0) is 20.6. The molecule has 0 unspecified atom stereocenters. The highest BCUT2D eigenvalue weighted by Crippen LogP contribution is 2.24. The molecule has 0 atom stereocenters. The lowest BCUT2D eigenvalue weighted by Gasteiger charge is -2.23. The van der Waals surface area contributed by atoms with Crippen molar-refractivity contribution in [3.05, 3.63) is 74.9 Å². The van der Waals surface area contributed by atoms with Crippen molar-refractivity contribution in [1.82, 2.24) is 4.31 Å². The summed E-state index contributed by atoms with van der Waals surface area (Å²) in [5.41, 5.74) is -0.0186. The first kappa shape index (κ1) is 20.4. The van der Waals surface area contributed by atoms with Crippen LogP contribution in [0.2, 0.25) is 5.02 Å². The number of likely N-dealkylation sites (N-methyl/N-ethyl adjacent to an activating group) is 1. The van der Waals surface area contributed by atoms with Gasteiger partial charge >= 0.3 is 10.2 Å². The molecule has 0 fully saturated rings. The Morgan fingerprint density at radius 1 is 1.18 bits per heavy atom. The number of benzene rings is 2. The fourth-order valence-electron chi connectivity index (χ4n) is 2.33. The first-order chi connectivity index (χ1) is 13.1. The molecule has 0 saturated heterocycles. The zero-order valence-corrected chi connectivity index (χ0v) is 17.2. The first-order valence-corrected chi connectivity index (χ1v) is 10.2. The van der Waals surface area contributed by atoms with Gasteiger partial charge in [-0.25, -0.2) is 13.1 Å². The van der Waals surface area contributed by atoms with E-state index in [9.17, 15) is 22.0 Å². The number of carbonyl (C=O) groups excluding carboxylic acids is 1. The zero-order valence-electron chi connectivity index (χ0n) is 14.1. The average molecular weight is 491 g/mol. The van der Waals surface area contributed by atoms with E-state index in [4.69, 9.17) is 11.6 Å². The van der Waals surface area contributed by atoms with Gasteiger partial charge in [0, 0.05) is 18.3 Å². The quantitative estimate of drug-likeness (QED) is 0.709. The van der Waals surface area contributed by atoms with Gasteiger partial charge in [-0.15, -0.1) is 4.40 Å². The Bertz CT molecular complexity index is 1150. The first-order valence-electron chi connectivity index (χ1n) is 7.61. The second-order valence-electron chi connectivity index (χ2n) is 5.66. The summed E-state index contributed by atoms with van der Waals surface area (Å²) < 4.78 is 56.2. The van der Waals surface area contributed by atoms with Crippen LogP contribution < -0.4 is 5.32 Å². The maximum absolute atomic E-state index is 13.8. The third-order valence-electron chi connectivity index (χ3n) is 3.80. The molecule has 3 rings (SSSR count). The molecule has 0 aromatic heterocycles. The summed E-state index contributed by atoms with van der Waals surface area (Å²) in [6.07, 6.45) is 1.21. The highest BCUT2D eigenvalue weighted by molar-refractivity contribution is 9.10. The molecule has 0 aliphatic carbocycles. The minimum Gasteiger partial charge on any atom is -0.321 e. The number of hydrogen-bond acceptors (Lipinski definition) is 3. The summed E-state index contributed by atoms with van der Waals surface area (Å²) in [4.78, 5) is 12.6. The summed E-state index contributed by atoms with van der Waals surface area (Å²) in [7, 11) is -3.06. The van der Waals surface area contributed by atoms with Crippen LogP contribution in [0, 0.1) is 11.6 Å². The Morgan fingerprint density at radius 3 is 2.54 bits per heavy atom. The Kier molecular flexibility index (Phi) is 5.55. The van der Waals surface area contributed by atoms with Gasteiger partial charge in [-0.05, 0) is 52.3 Å². The van der Waals surface area contributed by atoms with Crippen LogP contribution in [0.15, 0.2) is 57.0 Å². The van der Waals surface area contributed by atoms with Gasteiger partial charge in [-0.3, -0.25) is 4.79 Å². The number of anilines is 1. The maximum atomic E-state index is 13.8. The summed E-state index contributed by atoms with van der Waals surface area (Å²) in [6.45, 7) is 0. The molecule has 146 valence electrons. The lowest BCUT2D eigenvalue weighted by atomic mass is 10.1. The number of nitrogens with one attached hydrogen (secondary N) is 1. The smallest absolute Gasteiger partial charge is 0.321 e. The molecular formula is C17H11BrClF2N3O3S. The number of halogens is 4. The molecule has 0 radical (unpaired) electrons. The third-order valence-corrected chi connectivity index (χ3v) is 6.05. The predicted octanol–water partition coefficient (Wildman–Crippen LogP) is 3.88. The monoisotopic (exact) mass is 489 g/mol. The normalized spacial score (nSPS) is 15.7. The molecule has 1 aliphatic rings. The standard InChI is InChI=1S/C17H11BrClF2N3O3S/c1-24-16(17(25)22-10-3-5-13(20)12(19)7-10)8-15(23-28(24,26)27)9-2-4-11(18)14(21)6-9/h2-8H,1H3,(H,22,25). The highest BCUT2D eigenvalue weighted by Gasteiger charge is 2.30. The van der Waals surface area contributed by atoms with Crippen molar-refractivity contribution in [2.75, 3.05) is 12.4 Å². The van der Waals surface area contributed by atoms with E-state index in [0.717, 1.165) is 19.2 Å². The maximum Gasteiger partial charge on any atom is 0.345 e. The Balaban J connectivity index is 1.99. The molecule has 6 nitrogen and oxygen atoms in total. The van der Waals surface area contributed by atoms with Crippen LogP contribution >= 0.6 is 27.5 Å². The molecule has 0 saturated carbocycles. The number of nitrogens with zero attached hydrogens (tertiary/aromatic N) is 2. The number of rotatable bonds is 3. The van der Waals surface area contributed by atoms with Crippen molar-refractivity contribution in [1.29, 1.82) is 0 Å². The van der Waals surface area contributed by atoms with Crippen LogP contribution in [0.1, 0.15) is 5.56 Å². The Morgan fingerprint density at radius 2 is 1.89 bits per heavy atom. The number of amides is 1. The molecule has 28 heavy (non-hydrogen) atoms. The van der Waals surface area contributed by atoms with Crippen molar-refractivity contribution < 1.29 is 22.0 Å². The SMILES string of the molecule is CN1C(C(=O)Nc2ccc(F)c(Cl)c2)=CC(c2ccc(Br)c(F)c2)=NS1(=O)=O. The fourth-order valence-corrected chi connectivity index (χ4v) is 3.67. The molecule has 2 aromatic rings. The molecule has 1 heterocycles. The van der Waals surface area contributed by atoms with Crippen LogP contribution in [-0.2, 0) is 15.0 Å². The minimum atomic E-state index is -4.21. The van der Waals surface area contributed by atoms with E-state index in [2.05, 4.69) is 25.6 Å². The Hall–Kier alpha value is -2.30. The second kappa shape index (κ2) is 7.61. The average Bonchev–Trinajstić information content (AvgIpc) is 2.62. The van der Waals surface area contributed by atoms with Gasteiger partial charge in [0.05, 0.1) is 15.2 Å². The molecule has 11 heteroatoms. The van der Waals surface area contributed by atoms with Crippen molar-refractivity contribution in [2.24, 2.45) is 4.40 Å². The van der Waals surface area contributed by atoms with E-state index in [-0.39, 0.29) is 32.2 Å². The largest absolute Gasteiger partial charge is 0.345 e. The van der Waals surface area contributed by atoms with Crippen molar-refractivity contribution in [3.63, 3.8) is 0 Å². The van der Waals surface area contributed by atoms with Crippen molar-refractivity contribution in [3.8, 4) is 0 Å². The number of carbonyl (C=O) groups is 1. The number of allylic oxidation sites excluding steroid dienone is 1. The van der Waals surface area contributed by atoms with Gasteiger partial charge in [0.25, 0.3) is 5.91 Å². The molecule has 0 bridgehead atoms. The van der Waals surface area contributed by atoms with E-state index in [1.165, 1.54) is 30.3 Å². The van der Waals surface area contributed by atoms with E-state index >= 15 is 0 Å². The van der Waals surface area contributed by atoms with Crippen LogP contribution in [-0.4, -0.2) is 31.4 Å². The van der Waals surface area contributed by atoms with Crippen molar-refractivity contribution >= 4 is 55.0 Å². The molecular weight excluding hydrogens is 480 g/mol. The third kappa shape index (κ3) is 4.08. The molecule has 2 aromatic carbocycles. The second-order valence-corrected chi connectivity index (χ2v) is 8.55. The minimum absolute atomic E-state index is 0.105. The summed E-state index contributed by atoms with van der Waals surface area (Å²) in [5.74, 6) is -2.07. The lowest BCUT2D eigenvalue weighted by Crippen LogP contribution is -2.35. The van der Waals surface area contributed by atoms with E-state index < -0.39 is 27.8 Å². The van der Waals surface area contributed by atoms with Gasteiger partial charge in [0.2, 0.25) is 0 Å². The van der Waals surface area contributed by atoms with Crippen LogP contribution in [0.25, 0.3) is 0 Å². The predicted molar refractivity (Wildman–Crippen MR) is 105 cm³/mol. The van der Waals surface area contributed by atoms with Crippen LogP contribution in [0.4, 0.5) is 14.5 Å². The molecule has 0 spiro atoms. The van der Waals surface area contributed by atoms with Gasteiger partial charge in [-0.1, -0.05) is 17.7 Å². The topological polar surface area (TPSA) is 78.8 Å². The number of hydrogen-bond donors (Lipinski definition) is 1. The summed E-state index contributed by atoms with van der Waals surface area (Å²) >= 11 is 8.69. The van der Waals surface area contributed by atoms with E-state index in [1.54, 1.807) is 0 Å². The van der Waals surface area contributed by atoms with Gasteiger partial charge in [0.1, 0.15) is 17.3 Å². The highest BCUT2D eigenvalue weighted by atomic mass is 79.9. The van der Waals surface area contributed by atoms with Gasteiger partial charge in [0.15, 0.2) is 0 Å². The van der Waals surface area contributed by atoms with Gasteiger partial charge in [-0.2, -0.15) is 8.42 Å². The van der Waals surface area contributed by atoms with Gasteiger partial charge < -0.3 is 5.32 Å². The van der Waals surface area contributed by atoms with Crippen LogP contribution in [0.3, 0.4) is 0 Å². The molecule has 1 N–H and O–H groups in total. The molecule has 1 aliphatic heterocycles.